The number of para-hydroxylation sites is 2. The van der Waals surface area contributed by atoms with E-state index >= 15 is 0 Å². The normalized spacial score (nSPS) is 15.1. The lowest BCUT2D eigenvalue weighted by Gasteiger charge is -2.29. The van der Waals surface area contributed by atoms with Gasteiger partial charge in [0.15, 0.2) is 16.6 Å². The first-order valence-corrected chi connectivity index (χ1v) is 11.0. The largest absolute Gasteiger partial charge is 0.485 e. The van der Waals surface area contributed by atoms with Crippen LogP contribution >= 0.6 is 11.3 Å². The van der Waals surface area contributed by atoms with Crippen LogP contribution in [0, 0.1) is 13.8 Å². The van der Waals surface area contributed by atoms with Gasteiger partial charge in [0, 0.05) is 0 Å². The summed E-state index contributed by atoms with van der Waals surface area (Å²) in [5.41, 5.74) is 4.26. The lowest BCUT2D eigenvalue weighted by Crippen LogP contribution is -2.46. The van der Waals surface area contributed by atoms with Crippen LogP contribution in [0.25, 0.3) is 10.2 Å². The van der Waals surface area contributed by atoms with Crippen molar-refractivity contribution in [3.63, 3.8) is 0 Å². The molecule has 0 fully saturated rings. The first-order valence-electron chi connectivity index (χ1n) is 10.2. The Morgan fingerprint density at radius 3 is 2.61 bits per heavy atom. The molecule has 1 unspecified atom stereocenters. The van der Waals surface area contributed by atoms with E-state index in [1.807, 2.05) is 54.6 Å². The maximum absolute atomic E-state index is 13.6. The Morgan fingerprint density at radius 2 is 1.81 bits per heavy atom. The number of hydrogen-bond acceptors (Lipinski definition) is 5. The Bertz CT molecular complexity index is 1250. The highest BCUT2D eigenvalue weighted by Gasteiger charge is 2.33. The quantitative estimate of drug-likeness (QED) is 0.442. The summed E-state index contributed by atoms with van der Waals surface area (Å²) in [7, 11) is 0. The fraction of sp³-hybridized carbons (Fsp3) is 0.200. The van der Waals surface area contributed by atoms with Crippen LogP contribution in [0.15, 0.2) is 66.7 Å². The van der Waals surface area contributed by atoms with E-state index in [0.717, 1.165) is 26.9 Å². The average molecular weight is 431 g/mol. The second-order valence-electron chi connectivity index (χ2n) is 7.70. The van der Waals surface area contributed by atoms with Crippen LogP contribution in [0.5, 0.6) is 11.5 Å². The minimum atomic E-state index is -0.728. The molecule has 1 amide bonds. The number of rotatable bonds is 4. The van der Waals surface area contributed by atoms with E-state index in [-0.39, 0.29) is 12.5 Å². The van der Waals surface area contributed by atoms with Gasteiger partial charge in [-0.2, -0.15) is 0 Å². The number of aryl methyl sites for hydroxylation is 2. The minimum Gasteiger partial charge on any atom is -0.485 e. The van der Waals surface area contributed by atoms with Gasteiger partial charge in [0.2, 0.25) is 6.10 Å². The van der Waals surface area contributed by atoms with Crippen molar-refractivity contribution in [1.82, 2.24) is 4.98 Å². The Kier molecular flexibility index (Phi) is 5.08. The molecule has 1 aliphatic heterocycles. The predicted molar refractivity (Wildman–Crippen MR) is 123 cm³/mol. The first-order chi connectivity index (χ1) is 15.1. The molecule has 0 saturated carbocycles. The number of benzene rings is 3. The lowest BCUT2D eigenvalue weighted by molar-refractivity contribution is -0.127. The van der Waals surface area contributed by atoms with Gasteiger partial charge in [0.1, 0.15) is 6.61 Å². The van der Waals surface area contributed by atoms with Gasteiger partial charge in [-0.15, -0.1) is 0 Å². The molecule has 1 atom stereocenters. The molecular formula is C25H22N2O3S. The molecule has 4 aromatic rings. The van der Waals surface area contributed by atoms with Gasteiger partial charge in [-0.25, -0.2) is 4.98 Å². The van der Waals surface area contributed by atoms with Crippen molar-refractivity contribution in [3.8, 4) is 11.5 Å². The first kappa shape index (κ1) is 19.6. The topological polar surface area (TPSA) is 51.7 Å². The molecule has 5 rings (SSSR count). The van der Waals surface area contributed by atoms with Gasteiger partial charge in [0.05, 0.1) is 16.8 Å². The fourth-order valence-corrected chi connectivity index (χ4v) is 4.82. The summed E-state index contributed by atoms with van der Waals surface area (Å²) in [6.45, 7) is 4.72. The third kappa shape index (κ3) is 3.86. The van der Waals surface area contributed by atoms with Crippen molar-refractivity contribution in [2.45, 2.75) is 26.5 Å². The van der Waals surface area contributed by atoms with Crippen LogP contribution in [0.2, 0.25) is 0 Å². The molecule has 0 radical (unpaired) electrons. The van der Waals surface area contributed by atoms with Crippen LogP contribution in [0.1, 0.15) is 16.7 Å². The Balaban J connectivity index is 1.52. The summed E-state index contributed by atoms with van der Waals surface area (Å²) in [4.78, 5) is 20.2. The molecule has 2 heterocycles. The molecule has 3 aromatic carbocycles. The molecule has 0 N–H and O–H groups in total. The van der Waals surface area contributed by atoms with Crippen molar-refractivity contribution in [3.05, 3.63) is 83.4 Å². The summed E-state index contributed by atoms with van der Waals surface area (Å²) < 4.78 is 12.9. The smallest absolute Gasteiger partial charge is 0.273 e. The highest BCUT2D eigenvalue weighted by atomic mass is 32.1. The van der Waals surface area contributed by atoms with E-state index in [1.54, 1.807) is 4.90 Å². The summed E-state index contributed by atoms with van der Waals surface area (Å²) in [5, 5.41) is 0.667. The number of anilines is 1. The number of hydrogen-bond donors (Lipinski definition) is 0. The third-order valence-electron chi connectivity index (χ3n) is 5.27. The molecule has 1 aromatic heterocycles. The molecule has 156 valence electrons. The Morgan fingerprint density at radius 1 is 1.06 bits per heavy atom. The van der Waals surface area contributed by atoms with Crippen LogP contribution in [0.4, 0.5) is 5.13 Å². The van der Waals surface area contributed by atoms with Crippen LogP contribution < -0.4 is 14.4 Å². The number of fused-ring (bicyclic) bond motifs is 2. The predicted octanol–water partition coefficient (Wildman–Crippen LogP) is 5.29. The molecule has 0 saturated heterocycles. The van der Waals surface area contributed by atoms with E-state index in [1.165, 1.54) is 11.3 Å². The van der Waals surface area contributed by atoms with Crippen molar-refractivity contribution < 1.29 is 14.3 Å². The maximum atomic E-state index is 13.6. The number of amides is 1. The maximum Gasteiger partial charge on any atom is 0.273 e. The second-order valence-corrected chi connectivity index (χ2v) is 8.68. The molecular weight excluding hydrogens is 408 g/mol. The molecule has 0 aliphatic carbocycles. The van der Waals surface area contributed by atoms with Gasteiger partial charge >= 0.3 is 0 Å². The van der Waals surface area contributed by atoms with Crippen molar-refractivity contribution in [2.75, 3.05) is 11.5 Å². The van der Waals surface area contributed by atoms with Gasteiger partial charge < -0.3 is 9.47 Å². The molecule has 0 bridgehead atoms. The zero-order valence-corrected chi connectivity index (χ0v) is 18.2. The summed E-state index contributed by atoms with van der Waals surface area (Å²) >= 11 is 1.54. The van der Waals surface area contributed by atoms with Crippen molar-refractivity contribution in [1.29, 1.82) is 0 Å². The standard InChI is InChI=1S/C25H22N2O3S/c1-16-12-17(2)23-19(13-16)26-25(31-23)27(14-18-8-4-3-5-9-18)24(28)22-15-29-20-10-6-7-11-21(20)30-22/h3-13,22H,14-15H2,1-2H3. The average Bonchev–Trinajstić information content (AvgIpc) is 3.21. The Labute approximate surface area is 184 Å². The molecule has 0 spiro atoms. The summed E-state index contributed by atoms with van der Waals surface area (Å²) in [6.07, 6.45) is -0.728. The number of aromatic nitrogens is 1. The molecule has 6 heteroatoms. The van der Waals surface area contributed by atoms with E-state index in [9.17, 15) is 4.79 Å². The molecule has 1 aliphatic rings. The number of ether oxygens (including phenoxy) is 2. The van der Waals surface area contributed by atoms with Crippen molar-refractivity contribution >= 4 is 32.6 Å². The van der Waals surface area contributed by atoms with Crippen LogP contribution in [-0.4, -0.2) is 23.6 Å². The molecule has 5 nitrogen and oxygen atoms in total. The monoisotopic (exact) mass is 430 g/mol. The van der Waals surface area contributed by atoms with E-state index < -0.39 is 6.10 Å². The zero-order valence-electron chi connectivity index (χ0n) is 17.4. The van der Waals surface area contributed by atoms with Gasteiger partial charge in [0.25, 0.3) is 5.91 Å². The highest BCUT2D eigenvalue weighted by molar-refractivity contribution is 7.22. The molecule has 31 heavy (non-hydrogen) atoms. The number of thiazole rings is 1. The fourth-order valence-electron chi connectivity index (χ4n) is 3.80. The van der Waals surface area contributed by atoms with E-state index in [0.29, 0.717) is 23.2 Å². The second kappa shape index (κ2) is 8.04. The third-order valence-corrected chi connectivity index (χ3v) is 6.50. The van der Waals surface area contributed by atoms with Crippen molar-refractivity contribution in [2.24, 2.45) is 0 Å². The number of carbonyl (C=O) groups excluding carboxylic acids is 1. The minimum absolute atomic E-state index is 0.160. The van der Waals surface area contributed by atoms with E-state index in [4.69, 9.17) is 14.5 Å². The number of nitrogens with zero attached hydrogens (tertiary/aromatic N) is 2. The highest BCUT2D eigenvalue weighted by Crippen LogP contribution is 2.35. The van der Waals surface area contributed by atoms with Crippen LogP contribution in [-0.2, 0) is 11.3 Å². The van der Waals surface area contributed by atoms with E-state index in [2.05, 4.69) is 26.0 Å². The zero-order chi connectivity index (χ0) is 21.4. The van der Waals surface area contributed by atoms with Gasteiger partial charge in [-0.1, -0.05) is 59.9 Å². The SMILES string of the molecule is Cc1cc(C)c2sc(N(Cc3ccccc3)C(=O)C3COc4ccccc4O3)nc2c1. The van der Waals surface area contributed by atoms with Gasteiger partial charge in [-0.3, -0.25) is 9.69 Å². The Hall–Kier alpha value is -3.38. The summed E-state index contributed by atoms with van der Waals surface area (Å²) in [5.74, 6) is 1.08. The van der Waals surface area contributed by atoms with Gasteiger partial charge in [-0.05, 0) is 48.7 Å². The number of carbonyl (C=O) groups is 1. The summed E-state index contributed by atoms with van der Waals surface area (Å²) in [6, 6.07) is 21.6. The van der Waals surface area contributed by atoms with Crippen LogP contribution in [0.3, 0.4) is 0 Å². The lowest BCUT2D eigenvalue weighted by atomic mass is 10.1.